The van der Waals surface area contributed by atoms with E-state index in [0.29, 0.717) is 18.8 Å². The van der Waals surface area contributed by atoms with E-state index in [1.807, 2.05) is 54.6 Å². The Balaban J connectivity index is 1.82. The van der Waals surface area contributed by atoms with Gasteiger partial charge in [0.2, 0.25) is 0 Å². The second-order valence-electron chi connectivity index (χ2n) is 6.58. The number of nitrogens with one attached hydrogen (secondary N) is 1. The number of aromatic amines is 1. The van der Waals surface area contributed by atoms with Gasteiger partial charge in [0.25, 0.3) is 5.56 Å². The highest BCUT2D eigenvalue weighted by Gasteiger charge is 2.16. The molecule has 0 unspecified atom stereocenters. The average molecular weight is 380 g/mol. The number of ether oxygens (including phenoxy) is 1. The molecule has 0 aliphatic heterocycles. The van der Waals surface area contributed by atoms with Crippen LogP contribution >= 0.6 is 0 Å². The molecule has 7 nitrogen and oxygen atoms in total. The molecule has 0 saturated heterocycles. The first kappa shape index (κ1) is 19.3. The second kappa shape index (κ2) is 8.47. The number of rotatable bonds is 7. The lowest BCUT2D eigenvalue weighted by Gasteiger charge is -2.22. The summed E-state index contributed by atoms with van der Waals surface area (Å²) >= 11 is 0. The third-order valence-electron chi connectivity index (χ3n) is 4.67. The minimum Gasteiger partial charge on any atom is -0.497 e. The van der Waals surface area contributed by atoms with Gasteiger partial charge >= 0.3 is 5.69 Å². The van der Waals surface area contributed by atoms with Crippen LogP contribution in [0.2, 0.25) is 0 Å². The van der Waals surface area contributed by atoms with Crippen molar-refractivity contribution in [3.63, 3.8) is 0 Å². The lowest BCUT2D eigenvalue weighted by atomic mass is 10.1. The van der Waals surface area contributed by atoms with E-state index < -0.39 is 11.2 Å². The monoisotopic (exact) mass is 380 g/mol. The number of hydrogen-bond acceptors (Lipinski definition) is 5. The number of methoxy groups -OCH3 is 1. The van der Waals surface area contributed by atoms with Gasteiger partial charge in [-0.2, -0.15) is 0 Å². The first-order chi connectivity index (χ1) is 13.5. The Hall–Kier alpha value is -3.48. The molecule has 1 heterocycles. The zero-order chi connectivity index (χ0) is 20.1. The van der Waals surface area contributed by atoms with Gasteiger partial charge in [-0.25, -0.2) is 4.79 Å². The molecule has 0 spiro atoms. The summed E-state index contributed by atoms with van der Waals surface area (Å²) in [6.45, 7) is 0.866. The number of nitrogens with two attached hydrogens (primary N) is 1. The summed E-state index contributed by atoms with van der Waals surface area (Å²) in [5.74, 6) is 0.959. The summed E-state index contributed by atoms with van der Waals surface area (Å²) in [6.07, 6.45) is 0.719. The second-order valence-corrected chi connectivity index (χ2v) is 6.58. The highest BCUT2D eigenvalue weighted by Crippen LogP contribution is 2.17. The number of nitrogen functional groups attached to an aromatic ring is 1. The van der Waals surface area contributed by atoms with Crippen LogP contribution in [0.3, 0.4) is 0 Å². The molecule has 146 valence electrons. The molecule has 7 heteroatoms. The van der Waals surface area contributed by atoms with E-state index in [1.165, 1.54) is 4.57 Å². The zero-order valence-electron chi connectivity index (χ0n) is 16.0. The normalized spacial score (nSPS) is 10.6. The molecular weight excluding hydrogens is 356 g/mol. The maximum Gasteiger partial charge on any atom is 0.330 e. The van der Waals surface area contributed by atoms with Crippen LogP contribution in [0.5, 0.6) is 5.75 Å². The Morgan fingerprint density at radius 3 is 2.36 bits per heavy atom. The van der Waals surface area contributed by atoms with Crippen LogP contribution in [-0.4, -0.2) is 30.3 Å². The fourth-order valence-corrected chi connectivity index (χ4v) is 3.07. The summed E-state index contributed by atoms with van der Waals surface area (Å²) in [5.41, 5.74) is 7.56. The number of anilines is 2. The molecule has 0 fully saturated rings. The number of nitrogens with zero attached hydrogens (tertiary/aromatic N) is 2. The minimum atomic E-state index is -0.515. The van der Waals surface area contributed by atoms with Gasteiger partial charge in [0.05, 0.1) is 13.7 Å². The summed E-state index contributed by atoms with van der Waals surface area (Å²) in [4.78, 5) is 28.8. The number of H-pyrrole nitrogens is 1. The SMILES string of the molecule is COc1ccc(CCN(C)c2c(N)n(Cc3ccccc3)c(=O)[nH]c2=O)cc1. The standard InChI is InChI=1S/C21H24N4O3/c1-24(13-12-15-8-10-17(28-2)11-9-15)18-19(22)25(21(27)23-20(18)26)14-16-6-4-3-5-7-16/h3-11H,12-14,22H2,1-2H3,(H,23,26,27). The van der Waals surface area contributed by atoms with Crippen molar-refractivity contribution in [2.24, 2.45) is 0 Å². The Morgan fingerprint density at radius 1 is 1.04 bits per heavy atom. The van der Waals surface area contributed by atoms with Crippen molar-refractivity contribution in [2.45, 2.75) is 13.0 Å². The molecule has 0 saturated carbocycles. The highest BCUT2D eigenvalue weighted by molar-refractivity contribution is 5.62. The highest BCUT2D eigenvalue weighted by atomic mass is 16.5. The molecule has 3 aromatic rings. The topological polar surface area (TPSA) is 93.3 Å². The van der Waals surface area contributed by atoms with Crippen LogP contribution in [0.25, 0.3) is 0 Å². The Morgan fingerprint density at radius 2 is 1.71 bits per heavy atom. The van der Waals surface area contributed by atoms with Crippen LogP contribution < -0.4 is 26.6 Å². The van der Waals surface area contributed by atoms with Gasteiger partial charge in [0, 0.05) is 13.6 Å². The van der Waals surface area contributed by atoms with Gasteiger partial charge in [-0.15, -0.1) is 0 Å². The van der Waals surface area contributed by atoms with Crippen LogP contribution in [0, 0.1) is 0 Å². The fourth-order valence-electron chi connectivity index (χ4n) is 3.07. The fraction of sp³-hybridized carbons (Fsp3) is 0.238. The molecule has 0 aliphatic carbocycles. The van der Waals surface area contributed by atoms with Crippen molar-refractivity contribution >= 4 is 11.5 Å². The third-order valence-corrected chi connectivity index (χ3v) is 4.67. The summed E-state index contributed by atoms with van der Waals surface area (Å²) in [5, 5.41) is 0. The molecule has 0 aliphatic rings. The van der Waals surface area contributed by atoms with Gasteiger partial charge in [-0.1, -0.05) is 42.5 Å². The van der Waals surface area contributed by atoms with E-state index in [9.17, 15) is 9.59 Å². The molecule has 28 heavy (non-hydrogen) atoms. The van der Waals surface area contributed by atoms with Crippen molar-refractivity contribution < 1.29 is 4.74 Å². The van der Waals surface area contributed by atoms with Crippen molar-refractivity contribution in [1.82, 2.24) is 9.55 Å². The third kappa shape index (κ3) is 4.25. The molecule has 1 aromatic heterocycles. The molecule has 0 bridgehead atoms. The Labute approximate surface area is 163 Å². The van der Waals surface area contributed by atoms with E-state index in [0.717, 1.165) is 23.3 Å². The van der Waals surface area contributed by atoms with Crippen LogP contribution in [0.15, 0.2) is 64.2 Å². The Bertz CT molecular complexity index is 1040. The number of likely N-dealkylation sites (N-methyl/N-ethyl adjacent to an activating group) is 1. The van der Waals surface area contributed by atoms with Crippen molar-refractivity contribution in [2.75, 3.05) is 31.3 Å². The molecular formula is C21H24N4O3. The van der Waals surface area contributed by atoms with E-state index in [1.54, 1.807) is 19.1 Å². The maximum absolute atomic E-state index is 12.4. The molecule has 0 amide bonds. The first-order valence-electron chi connectivity index (χ1n) is 9.00. The molecule has 2 aromatic carbocycles. The summed E-state index contributed by atoms with van der Waals surface area (Å²) in [7, 11) is 3.42. The van der Waals surface area contributed by atoms with E-state index in [4.69, 9.17) is 10.5 Å². The van der Waals surface area contributed by atoms with Gasteiger partial charge in [-0.3, -0.25) is 14.3 Å². The average Bonchev–Trinajstić information content (AvgIpc) is 2.70. The first-order valence-corrected chi connectivity index (χ1v) is 9.00. The van der Waals surface area contributed by atoms with Crippen LogP contribution in [-0.2, 0) is 13.0 Å². The zero-order valence-corrected chi connectivity index (χ0v) is 16.0. The number of hydrogen-bond donors (Lipinski definition) is 2. The number of benzene rings is 2. The molecule has 0 radical (unpaired) electrons. The molecule has 0 atom stereocenters. The number of aromatic nitrogens is 2. The predicted molar refractivity (Wildman–Crippen MR) is 111 cm³/mol. The van der Waals surface area contributed by atoms with Gasteiger partial charge in [-0.05, 0) is 29.7 Å². The lowest BCUT2D eigenvalue weighted by Crippen LogP contribution is -2.37. The molecule has 3 N–H and O–H groups in total. The van der Waals surface area contributed by atoms with E-state index >= 15 is 0 Å². The summed E-state index contributed by atoms with van der Waals surface area (Å²) in [6, 6.07) is 17.3. The Kier molecular flexibility index (Phi) is 5.84. The smallest absolute Gasteiger partial charge is 0.330 e. The van der Waals surface area contributed by atoms with Gasteiger partial charge < -0.3 is 15.4 Å². The minimum absolute atomic E-state index is 0.162. The lowest BCUT2D eigenvalue weighted by molar-refractivity contribution is 0.414. The van der Waals surface area contributed by atoms with Crippen molar-refractivity contribution in [3.05, 3.63) is 86.6 Å². The van der Waals surface area contributed by atoms with Crippen LogP contribution in [0.4, 0.5) is 11.5 Å². The van der Waals surface area contributed by atoms with E-state index in [2.05, 4.69) is 4.98 Å². The van der Waals surface area contributed by atoms with Gasteiger partial charge in [0.1, 0.15) is 17.3 Å². The maximum atomic E-state index is 12.4. The molecule has 3 rings (SSSR count). The van der Waals surface area contributed by atoms with Crippen LogP contribution in [0.1, 0.15) is 11.1 Å². The van der Waals surface area contributed by atoms with Crippen molar-refractivity contribution in [3.8, 4) is 5.75 Å². The van der Waals surface area contributed by atoms with Gasteiger partial charge in [0.15, 0.2) is 0 Å². The largest absolute Gasteiger partial charge is 0.497 e. The quantitative estimate of drug-likeness (QED) is 0.653. The predicted octanol–water partition coefficient (Wildman–Crippen LogP) is 1.85. The van der Waals surface area contributed by atoms with E-state index in [-0.39, 0.29) is 5.82 Å². The van der Waals surface area contributed by atoms with Crippen molar-refractivity contribution in [1.29, 1.82) is 0 Å². The summed E-state index contributed by atoms with van der Waals surface area (Å²) < 4.78 is 6.55.